The van der Waals surface area contributed by atoms with Crippen molar-refractivity contribution in [3.63, 3.8) is 0 Å². The number of likely N-dealkylation sites (N-methyl/N-ethyl adjacent to an activating group) is 1. The molecule has 2 aliphatic rings. The maximum absolute atomic E-state index is 13.1. The van der Waals surface area contributed by atoms with Crippen molar-refractivity contribution >= 4 is 29.1 Å². The molecule has 6 heteroatoms. The van der Waals surface area contributed by atoms with E-state index in [0.717, 1.165) is 43.2 Å². The molecule has 0 N–H and O–H groups in total. The smallest absolute Gasteiger partial charge is 0.254 e. The third-order valence-electron chi connectivity index (χ3n) is 8.50. The van der Waals surface area contributed by atoms with Gasteiger partial charge in [0.15, 0.2) is 0 Å². The molecule has 0 radical (unpaired) electrons. The van der Waals surface area contributed by atoms with Crippen molar-refractivity contribution in [2.24, 2.45) is 11.3 Å². The van der Waals surface area contributed by atoms with Gasteiger partial charge in [-0.1, -0.05) is 41.9 Å². The van der Waals surface area contributed by atoms with Gasteiger partial charge in [0.05, 0.1) is 16.0 Å². The van der Waals surface area contributed by atoms with Gasteiger partial charge in [0, 0.05) is 46.5 Å². The molecule has 1 saturated heterocycles. The molecule has 1 atom stereocenters. The van der Waals surface area contributed by atoms with Crippen molar-refractivity contribution in [1.82, 2.24) is 9.80 Å². The summed E-state index contributed by atoms with van der Waals surface area (Å²) in [5, 5.41) is 0.518. The van der Waals surface area contributed by atoms with Crippen molar-refractivity contribution in [3.8, 4) is 0 Å². The van der Waals surface area contributed by atoms with E-state index in [1.165, 1.54) is 25.7 Å². The Bertz CT molecular complexity index is 1090. The molecule has 1 saturated carbocycles. The van der Waals surface area contributed by atoms with E-state index >= 15 is 0 Å². The summed E-state index contributed by atoms with van der Waals surface area (Å²) < 4.78 is 0. The summed E-state index contributed by atoms with van der Waals surface area (Å²) in [6.07, 6.45) is 5.95. The molecule has 36 heavy (non-hydrogen) atoms. The highest BCUT2D eigenvalue weighted by Gasteiger charge is 2.53. The number of benzene rings is 2. The van der Waals surface area contributed by atoms with Crippen molar-refractivity contribution in [2.75, 3.05) is 45.7 Å². The summed E-state index contributed by atoms with van der Waals surface area (Å²) in [7, 11) is 5.42. The van der Waals surface area contributed by atoms with E-state index in [9.17, 15) is 9.59 Å². The van der Waals surface area contributed by atoms with Crippen molar-refractivity contribution in [2.45, 2.75) is 51.4 Å². The number of halogens is 1. The molecule has 4 rings (SSSR count). The normalized spacial score (nSPS) is 18.7. The lowest BCUT2D eigenvalue weighted by Crippen LogP contribution is -2.41. The number of nitrogens with zero attached hydrogens (tertiary/aromatic N) is 3. The Hall–Kier alpha value is -2.53. The second kappa shape index (κ2) is 10.5. The first-order valence-corrected chi connectivity index (χ1v) is 13.5. The fourth-order valence-electron chi connectivity index (χ4n) is 5.91. The minimum atomic E-state index is -0.509. The van der Waals surface area contributed by atoms with Crippen molar-refractivity contribution in [3.05, 3.63) is 64.7 Å². The summed E-state index contributed by atoms with van der Waals surface area (Å²) in [6.45, 7) is 6.90. The number of carbonyl (C=O) groups excluding carboxylic acids is 2. The van der Waals surface area contributed by atoms with Gasteiger partial charge in [0.25, 0.3) is 5.91 Å². The molecule has 0 bridgehead atoms. The predicted octanol–water partition coefficient (Wildman–Crippen LogP) is 5.86. The van der Waals surface area contributed by atoms with Gasteiger partial charge in [-0.15, -0.1) is 0 Å². The van der Waals surface area contributed by atoms with Gasteiger partial charge in [-0.25, -0.2) is 0 Å². The van der Waals surface area contributed by atoms with Crippen LogP contribution in [0.4, 0.5) is 5.69 Å². The Morgan fingerprint density at radius 2 is 1.72 bits per heavy atom. The van der Waals surface area contributed by atoms with Crippen LogP contribution in [0.25, 0.3) is 0 Å². The van der Waals surface area contributed by atoms with Crippen LogP contribution < -0.4 is 4.90 Å². The lowest BCUT2D eigenvalue weighted by molar-refractivity contribution is -0.135. The van der Waals surface area contributed by atoms with E-state index in [0.29, 0.717) is 16.0 Å². The molecule has 2 aromatic carbocycles. The second-order valence-electron chi connectivity index (χ2n) is 11.5. The molecule has 2 fully saturated rings. The van der Waals surface area contributed by atoms with E-state index in [-0.39, 0.29) is 11.8 Å². The van der Waals surface area contributed by atoms with Gasteiger partial charge in [0.1, 0.15) is 0 Å². The summed E-state index contributed by atoms with van der Waals surface area (Å²) in [5.41, 5.74) is 2.69. The highest BCUT2D eigenvalue weighted by Crippen LogP contribution is 2.61. The van der Waals surface area contributed by atoms with Gasteiger partial charge in [-0.3, -0.25) is 9.59 Å². The number of carbonyl (C=O) groups is 2. The van der Waals surface area contributed by atoms with Gasteiger partial charge < -0.3 is 14.7 Å². The number of rotatable bonds is 8. The fourth-order valence-corrected chi connectivity index (χ4v) is 6.17. The first-order chi connectivity index (χ1) is 17.0. The van der Waals surface area contributed by atoms with Gasteiger partial charge in [0.2, 0.25) is 5.91 Å². The van der Waals surface area contributed by atoms with Crippen LogP contribution in [0.5, 0.6) is 0 Å². The molecule has 1 heterocycles. The van der Waals surface area contributed by atoms with Crippen molar-refractivity contribution in [1.29, 1.82) is 0 Å². The maximum atomic E-state index is 13.1. The standard InChI is InChI=1S/C30H40ClN3O2/c1-29(2,22-10-7-6-8-11-22)28(36)33(5)17-9-12-23-21-30(23)15-18-34(19-16-30)24-13-14-25(26(31)20-24)27(35)32(3)4/h6-8,10-11,13-14,20,23H,9,12,15-19,21H2,1-5H3. The third-order valence-corrected chi connectivity index (χ3v) is 8.81. The van der Waals surface area contributed by atoms with E-state index in [2.05, 4.69) is 4.90 Å². The monoisotopic (exact) mass is 509 g/mol. The van der Waals surface area contributed by atoms with Crippen LogP contribution in [0.2, 0.25) is 5.02 Å². The van der Waals surface area contributed by atoms with Gasteiger partial charge in [-0.05, 0) is 81.0 Å². The van der Waals surface area contributed by atoms with Gasteiger partial charge >= 0.3 is 0 Å². The molecule has 1 aliphatic heterocycles. The van der Waals surface area contributed by atoms with Crippen LogP contribution in [0, 0.1) is 11.3 Å². The zero-order chi connectivity index (χ0) is 26.1. The molecule has 2 amide bonds. The Labute approximate surface area is 221 Å². The Kier molecular flexibility index (Phi) is 7.70. The SMILES string of the molecule is CN(C)C(=O)c1ccc(N2CCC3(CC2)CC3CCCN(C)C(=O)C(C)(C)c2ccccc2)cc1Cl. The zero-order valence-electron chi connectivity index (χ0n) is 22.4. The summed E-state index contributed by atoms with van der Waals surface area (Å²) in [5.74, 6) is 0.888. The lowest BCUT2D eigenvalue weighted by Gasteiger charge is -2.35. The Balaban J connectivity index is 1.24. The molecule has 0 aromatic heterocycles. The van der Waals surface area contributed by atoms with Crippen LogP contribution in [-0.2, 0) is 10.2 Å². The summed E-state index contributed by atoms with van der Waals surface area (Å²) >= 11 is 6.44. The largest absolute Gasteiger partial charge is 0.371 e. The molecular weight excluding hydrogens is 470 g/mol. The average molecular weight is 510 g/mol. The number of piperidine rings is 1. The van der Waals surface area contributed by atoms with Crippen LogP contribution in [-0.4, -0.2) is 62.4 Å². The average Bonchev–Trinajstić information content (AvgIpc) is 3.54. The number of amides is 2. The summed E-state index contributed by atoms with van der Waals surface area (Å²) in [4.78, 5) is 31.3. The molecule has 194 valence electrons. The third kappa shape index (κ3) is 5.41. The number of anilines is 1. The van der Waals surface area contributed by atoms with Crippen molar-refractivity contribution < 1.29 is 9.59 Å². The molecule has 1 spiro atoms. The first kappa shape index (κ1) is 26.5. The van der Waals surface area contributed by atoms with E-state index in [1.54, 1.807) is 19.0 Å². The summed E-state index contributed by atoms with van der Waals surface area (Å²) in [6, 6.07) is 15.9. The predicted molar refractivity (Wildman–Crippen MR) is 148 cm³/mol. The van der Waals surface area contributed by atoms with Crippen LogP contribution in [0.1, 0.15) is 61.9 Å². The fraction of sp³-hybridized carbons (Fsp3) is 0.533. The lowest BCUT2D eigenvalue weighted by atomic mass is 9.83. The molecule has 1 aliphatic carbocycles. The van der Waals surface area contributed by atoms with Crippen LogP contribution >= 0.6 is 11.6 Å². The topological polar surface area (TPSA) is 43.9 Å². The molecule has 1 unspecified atom stereocenters. The molecular formula is C30H40ClN3O2. The van der Waals surface area contributed by atoms with E-state index in [1.807, 2.05) is 74.3 Å². The van der Waals surface area contributed by atoms with Crippen LogP contribution in [0.15, 0.2) is 48.5 Å². The number of hydrogen-bond acceptors (Lipinski definition) is 3. The first-order valence-electron chi connectivity index (χ1n) is 13.1. The van der Waals surface area contributed by atoms with Crippen LogP contribution in [0.3, 0.4) is 0 Å². The van der Waals surface area contributed by atoms with E-state index < -0.39 is 5.41 Å². The van der Waals surface area contributed by atoms with E-state index in [4.69, 9.17) is 11.6 Å². The minimum Gasteiger partial charge on any atom is -0.371 e. The zero-order valence-corrected chi connectivity index (χ0v) is 23.1. The highest BCUT2D eigenvalue weighted by atomic mass is 35.5. The Morgan fingerprint density at radius 1 is 1.06 bits per heavy atom. The second-order valence-corrected chi connectivity index (χ2v) is 11.9. The quantitative estimate of drug-likeness (QED) is 0.447. The minimum absolute atomic E-state index is 0.0686. The molecule has 2 aromatic rings. The Morgan fingerprint density at radius 3 is 2.33 bits per heavy atom. The molecule has 5 nitrogen and oxygen atoms in total. The number of hydrogen-bond donors (Lipinski definition) is 0. The maximum Gasteiger partial charge on any atom is 0.254 e. The van der Waals surface area contributed by atoms with Gasteiger partial charge in [-0.2, -0.15) is 0 Å². The highest BCUT2D eigenvalue weighted by molar-refractivity contribution is 6.34.